The zero-order valence-corrected chi connectivity index (χ0v) is 8.79. The molecule has 0 spiro atoms. The van der Waals surface area contributed by atoms with E-state index < -0.39 is 0 Å². The van der Waals surface area contributed by atoms with E-state index in [4.69, 9.17) is 4.42 Å². The SMILES string of the molecule is CCc1cc2cc3[nH]c(C)cc3nc2o1. The van der Waals surface area contributed by atoms with Crippen LogP contribution in [0.5, 0.6) is 0 Å². The van der Waals surface area contributed by atoms with E-state index >= 15 is 0 Å². The first-order chi connectivity index (χ1) is 7.26. The minimum Gasteiger partial charge on any atom is -0.443 e. The number of furan rings is 1. The Bertz CT molecular complexity index is 582. The van der Waals surface area contributed by atoms with E-state index in [-0.39, 0.29) is 0 Å². The fourth-order valence-corrected chi connectivity index (χ4v) is 1.88. The van der Waals surface area contributed by atoms with Crippen molar-refractivity contribution >= 4 is 22.1 Å². The van der Waals surface area contributed by atoms with Gasteiger partial charge in [-0.3, -0.25) is 0 Å². The maximum Gasteiger partial charge on any atom is 0.226 e. The van der Waals surface area contributed by atoms with Crippen molar-refractivity contribution in [3.05, 3.63) is 29.7 Å². The van der Waals surface area contributed by atoms with Crippen LogP contribution in [-0.2, 0) is 6.42 Å². The summed E-state index contributed by atoms with van der Waals surface area (Å²) in [4.78, 5) is 7.74. The van der Waals surface area contributed by atoms with Gasteiger partial charge in [0.25, 0.3) is 0 Å². The largest absolute Gasteiger partial charge is 0.443 e. The predicted octanol–water partition coefficient (Wildman–Crippen LogP) is 3.18. The molecular formula is C12H12N2O. The molecule has 0 unspecified atom stereocenters. The molecule has 3 nitrogen and oxygen atoms in total. The van der Waals surface area contributed by atoms with Gasteiger partial charge in [0.15, 0.2) is 0 Å². The van der Waals surface area contributed by atoms with Crippen molar-refractivity contribution in [1.29, 1.82) is 0 Å². The van der Waals surface area contributed by atoms with Crippen molar-refractivity contribution in [1.82, 2.24) is 9.97 Å². The molecule has 0 amide bonds. The minimum absolute atomic E-state index is 0.735. The molecule has 0 aromatic carbocycles. The van der Waals surface area contributed by atoms with Crippen molar-refractivity contribution in [3.8, 4) is 0 Å². The predicted molar refractivity (Wildman–Crippen MR) is 60.0 cm³/mol. The van der Waals surface area contributed by atoms with E-state index in [2.05, 4.69) is 29.0 Å². The highest BCUT2D eigenvalue weighted by Crippen LogP contribution is 2.23. The lowest BCUT2D eigenvalue weighted by atomic mass is 10.2. The number of hydrogen-bond donors (Lipinski definition) is 1. The molecular weight excluding hydrogens is 188 g/mol. The Hall–Kier alpha value is -1.77. The summed E-state index contributed by atoms with van der Waals surface area (Å²) in [6.07, 6.45) is 0.906. The Balaban J connectivity index is 2.37. The van der Waals surface area contributed by atoms with E-state index in [0.29, 0.717) is 0 Å². The molecule has 1 N–H and O–H groups in total. The number of aromatic amines is 1. The highest BCUT2D eigenvalue weighted by Gasteiger charge is 2.06. The molecule has 3 aromatic heterocycles. The Kier molecular flexibility index (Phi) is 1.63. The first-order valence-corrected chi connectivity index (χ1v) is 5.15. The number of rotatable bonds is 1. The third-order valence-corrected chi connectivity index (χ3v) is 2.62. The van der Waals surface area contributed by atoms with Crippen LogP contribution in [0.1, 0.15) is 18.4 Å². The van der Waals surface area contributed by atoms with Gasteiger partial charge in [0.05, 0.1) is 11.0 Å². The van der Waals surface area contributed by atoms with E-state index in [9.17, 15) is 0 Å². The summed E-state index contributed by atoms with van der Waals surface area (Å²) in [7, 11) is 0. The van der Waals surface area contributed by atoms with Crippen LogP contribution in [0.2, 0.25) is 0 Å². The molecule has 0 saturated heterocycles. The molecule has 3 heterocycles. The fourth-order valence-electron chi connectivity index (χ4n) is 1.88. The fraction of sp³-hybridized carbons (Fsp3) is 0.250. The quantitative estimate of drug-likeness (QED) is 0.655. The maximum absolute atomic E-state index is 5.61. The lowest BCUT2D eigenvalue weighted by Gasteiger charge is -1.88. The average molecular weight is 200 g/mol. The molecule has 76 valence electrons. The zero-order valence-electron chi connectivity index (χ0n) is 8.79. The number of nitrogens with one attached hydrogen (secondary N) is 1. The summed E-state index contributed by atoms with van der Waals surface area (Å²) >= 11 is 0. The second-order valence-corrected chi connectivity index (χ2v) is 3.83. The molecule has 0 saturated carbocycles. The molecule has 3 aromatic rings. The van der Waals surface area contributed by atoms with Crippen LogP contribution in [0.15, 0.2) is 22.6 Å². The zero-order chi connectivity index (χ0) is 10.4. The minimum atomic E-state index is 0.735. The summed E-state index contributed by atoms with van der Waals surface area (Å²) in [5, 5.41) is 1.07. The van der Waals surface area contributed by atoms with Gasteiger partial charge in [-0.1, -0.05) is 6.92 Å². The highest BCUT2D eigenvalue weighted by molar-refractivity contribution is 5.89. The second-order valence-electron chi connectivity index (χ2n) is 3.83. The normalized spacial score (nSPS) is 11.6. The molecule has 3 heteroatoms. The van der Waals surface area contributed by atoms with Gasteiger partial charge in [0, 0.05) is 17.5 Å². The van der Waals surface area contributed by atoms with Crippen molar-refractivity contribution in [2.24, 2.45) is 0 Å². The van der Waals surface area contributed by atoms with Gasteiger partial charge in [-0.25, -0.2) is 4.98 Å². The number of H-pyrrole nitrogens is 1. The lowest BCUT2D eigenvalue weighted by Crippen LogP contribution is -1.74. The van der Waals surface area contributed by atoms with Crippen molar-refractivity contribution in [3.63, 3.8) is 0 Å². The molecule has 15 heavy (non-hydrogen) atoms. The van der Waals surface area contributed by atoms with Gasteiger partial charge in [-0.2, -0.15) is 0 Å². The van der Waals surface area contributed by atoms with Gasteiger partial charge in [0.1, 0.15) is 5.76 Å². The van der Waals surface area contributed by atoms with Gasteiger partial charge >= 0.3 is 0 Å². The Morgan fingerprint density at radius 2 is 2.20 bits per heavy atom. The molecule has 0 atom stereocenters. The Labute approximate surface area is 87.1 Å². The molecule has 0 bridgehead atoms. The van der Waals surface area contributed by atoms with E-state index in [1.807, 2.05) is 13.0 Å². The van der Waals surface area contributed by atoms with Gasteiger partial charge in [-0.05, 0) is 25.1 Å². The summed E-state index contributed by atoms with van der Waals surface area (Å²) in [5.41, 5.74) is 3.90. The molecule has 0 aliphatic heterocycles. The van der Waals surface area contributed by atoms with Crippen LogP contribution >= 0.6 is 0 Å². The molecule has 0 aliphatic rings. The first-order valence-electron chi connectivity index (χ1n) is 5.15. The number of nitrogens with zero attached hydrogens (tertiary/aromatic N) is 1. The monoisotopic (exact) mass is 200 g/mol. The summed E-state index contributed by atoms with van der Waals surface area (Å²) in [6, 6.07) is 6.17. The third-order valence-electron chi connectivity index (χ3n) is 2.62. The van der Waals surface area contributed by atoms with Crippen LogP contribution in [-0.4, -0.2) is 9.97 Å². The number of pyridine rings is 1. The van der Waals surface area contributed by atoms with Crippen molar-refractivity contribution in [2.75, 3.05) is 0 Å². The maximum atomic E-state index is 5.61. The van der Waals surface area contributed by atoms with Gasteiger partial charge in [-0.15, -0.1) is 0 Å². The lowest BCUT2D eigenvalue weighted by molar-refractivity contribution is 0.548. The number of aryl methyl sites for hydroxylation is 2. The Morgan fingerprint density at radius 1 is 1.33 bits per heavy atom. The standard InChI is InChI=1S/C12H12N2O/c1-3-9-5-8-6-11-10(4-7(2)13-11)14-12(8)15-9/h4-6,13H,3H2,1-2H3. The molecule has 0 fully saturated rings. The van der Waals surface area contributed by atoms with Crippen molar-refractivity contribution in [2.45, 2.75) is 20.3 Å². The van der Waals surface area contributed by atoms with Crippen LogP contribution < -0.4 is 0 Å². The summed E-state index contributed by atoms with van der Waals surface area (Å²) < 4.78 is 5.61. The van der Waals surface area contributed by atoms with Crippen LogP contribution in [0.4, 0.5) is 0 Å². The molecule has 0 radical (unpaired) electrons. The smallest absolute Gasteiger partial charge is 0.226 e. The van der Waals surface area contributed by atoms with Crippen molar-refractivity contribution < 1.29 is 4.42 Å². The molecule has 3 rings (SSSR count). The van der Waals surface area contributed by atoms with Crippen LogP contribution in [0, 0.1) is 6.92 Å². The van der Waals surface area contributed by atoms with E-state index in [1.165, 1.54) is 0 Å². The number of aromatic nitrogens is 2. The topological polar surface area (TPSA) is 41.8 Å². The van der Waals surface area contributed by atoms with E-state index in [1.54, 1.807) is 0 Å². The van der Waals surface area contributed by atoms with E-state index in [0.717, 1.165) is 40.0 Å². The van der Waals surface area contributed by atoms with Gasteiger partial charge < -0.3 is 9.40 Å². The summed E-state index contributed by atoms with van der Waals surface area (Å²) in [5.74, 6) is 0.988. The van der Waals surface area contributed by atoms with Gasteiger partial charge in [0.2, 0.25) is 5.71 Å². The highest BCUT2D eigenvalue weighted by atomic mass is 16.3. The summed E-state index contributed by atoms with van der Waals surface area (Å²) in [6.45, 7) is 4.11. The third kappa shape index (κ3) is 1.23. The molecule has 0 aliphatic carbocycles. The number of hydrogen-bond acceptors (Lipinski definition) is 2. The number of fused-ring (bicyclic) bond motifs is 2. The average Bonchev–Trinajstić information content (AvgIpc) is 2.74. The van der Waals surface area contributed by atoms with Crippen LogP contribution in [0.25, 0.3) is 22.1 Å². The second kappa shape index (κ2) is 2.86. The van der Waals surface area contributed by atoms with Crippen LogP contribution in [0.3, 0.4) is 0 Å². The first kappa shape index (κ1) is 8.53. The Morgan fingerprint density at radius 3 is 3.00 bits per heavy atom.